The van der Waals surface area contributed by atoms with E-state index in [0.717, 1.165) is 52.3 Å². The van der Waals surface area contributed by atoms with E-state index in [1.54, 1.807) is 24.3 Å². The van der Waals surface area contributed by atoms with Crippen molar-refractivity contribution in [3.8, 4) is 0 Å². The van der Waals surface area contributed by atoms with Crippen LogP contribution in [-0.2, 0) is 38.2 Å². The number of ketones is 1. The Bertz CT molecular complexity index is 1730. The number of Topliss-reactive ketones (excluding diaryl/α,β-unsaturated/α-hetero) is 1. The molecule has 258 valence electrons. The van der Waals surface area contributed by atoms with Crippen molar-refractivity contribution >= 4 is 27.6 Å². The van der Waals surface area contributed by atoms with Gasteiger partial charge >= 0.3 is 12.3 Å². The molecule has 3 aromatic carbocycles. The second-order valence-corrected chi connectivity index (χ2v) is 14.2. The molecule has 2 aliphatic rings. The lowest BCUT2D eigenvalue weighted by atomic mass is 9.87. The van der Waals surface area contributed by atoms with E-state index in [2.05, 4.69) is 0 Å². The largest absolute Gasteiger partial charge is 0.445 e. The van der Waals surface area contributed by atoms with Gasteiger partial charge in [-0.1, -0.05) is 42.5 Å². The van der Waals surface area contributed by atoms with Gasteiger partial charge in [0, 0.05) is 31.8 Å². The Morgan fingerprint density at radius 2 is 1.62 bits per heavy atom. The first kappa shape index (κ1) is 35.3. The van der Waals surface area contributed by atoms with Crippen molar-refractivity contribution in [2.24, 2.45) is 11.8 Å². The Morgan fingerprint density at radius 3 is 2.27 bits per heavy atom. The van der Waals surface area contributed by atoms with Crippen LogP contribution in [0.25, 0.3) is 0 Å². The molecule has 0 saturated carbocycles. The monoisotopic (exact) mass is 694 g/mol. The van der Waals surface area contributed by atoms with Gasteiger partial charge in [0.1, 0.15) is 18.2 Å². The van der Waals surface area contributed by atoms with Crippen molar-refractivity contribution in [3.05, 3.63) is 95.3 Å². The smallest absolute Gasteiger partial charge is 0.421 e. The van der Waals surface area contributed by atoms with Crippen LogP contribution in [-0.4, -0.2) is 62.3 Å². The number of alkyl halides is 4. The van der Waals surface area contributed by atoms with Gasteiger partial charge in [-0.15, -0.1) is 0 Å². The number of rotatable bonds is 10. The number of anilines is 1. The number of benzene rings is 3. The highest BCUT2D eigenvalue weighted by Crippen LogP contribution is 2.43. The SMILES string of the molecule is CC(O)(c1ccc2c(c1)CC[C@@H](CC(=O)C[C@@H]1CN(C(=O)OCc3ccccc3)C[C@H]1CF)N2S(=O)(=O)c1ccc(F)cc1)C(F)(F)F. The molecule has 0 radical (unpaired) electrons. The third-order valence-electron chi connectivity index (χ3n) is 9.07. The first-order valence-corrected chi connectivity index (χ1v) is 16.8. The zero-order valence-corrected chi connectivity index (χ0v) is 26.8. The molecule has 0 bridgehead atoms. The standard InChI is InChI=1S/C34H35F5N2O6S/c1-33(44,34(37,38)39)26-8-14-31-23(15-26)7-11-28(41(31)48(45,46)30-12-9-27(36)10-13-30)17-29(42)16-24-19-40(20-25(24)18-35)32(43)47-21-22-5-3-2-4-6-22/h2-6,8-10,12-15,24-25,28,44H,7,11,16-21H2,1H3/t24-,25-,28+,33?/m1/s1. The van der Waals surface area contributed by atoms with Crippen LogP contribution in [0.1, 0.15) is 42.9 Å². The van der Waals surface area contributed by atoms with E-state index >= 15 is 0 Å². The van der Waals surface area contributed by atoms with Crippen LogP contribution in [0.2, 0.25) is 0 Å². The highest BCUT2D eigenvalue weighted by molar-refractivity contribution is 7.92. The van der Waals surface area contributed by atoms with Gasteiger partial charge in [0.2, 0.25) is 0 Å². The Labute approximate surface area is 275 Å². The summed E-state index contributed by atoms with van der Waals surface area (Å²) in [6.07, 6.45) is -5.94. The zero-order chi connectivity index (χ0) is 34.9. The van der Waals surface area contributed by atoms with Crippen molar-refractivity contribution < 1.29 is 49.8 Å². The van der Waals surface area contributed by atoms with E-state index in [1.807, 2.05) is 6.07 Å². The van der Waals surface area contributed by atoms with Gasteiger partial charge in [-0.3, -0.25) is 13.5 Å². The van der Waals surface area contributed by atoms with E-state index in [1.165, 1.54) is 4.90 Å². The molecule has 0 aromatic heterocycles. The van der Waals surface area contributed by atoms with E-state index in [-0.39, 0.29) is 67.3 Å². The average Bonchev–Trinajstić information content (AvgIpc) is 3.45. The van der Waals surface area contributed by atoms with Crippen LogP contribution in [0.3, 0.4) is 0 Å². The first-order valence-electron chi connectivity index (χ1n) is 15.4. The van der Waals surface area contributed by atoms with Crippen LogP contribution in [0.5, 0.6) is 0 Å². The van der Waals surface area contributed by atoms with Gasteiger partial charge in [-0.05, 0) is 72.7 Å². The normalized spacial score (nSPS) is 21.0. The number of carbonyl (C=O) groups is 2. The van der Waals surface area contributed by atoms with Crippen molar-refractivity contribution in [1.82, 2.24) is 4.90 Å². The highest BCUT2D eigenvalue weighted by atomic mass is 32.2. The van der Waals surface area contributed by atoms with Crippen molar-refractivity contribution in [1.29, 1.82) is 0 Å². The maximum atomic E-state index is 14.0. The second kappa shape index (κ2) is 13.8. The zero-order valence-electron chi connectivity index (χ0n) is 26.0. The number of likely N-dealkylation sites (tertiary alicyclic amines) is 1. The molecule has 14 heteroatoms. The molecular weight excluding hydrogens is 659 g/mol. The Kier molecular flexibility index (Phi) is 10.2. The third-order valence-corrected chi connectivity index (χ3v) is 11.0. The molecule has 1 amide bonds. The molecular formula is C34H35F5N2O6S. The summed E-state index contributed by atoms with van der Waals surface area (Å²) in [5.41, 5.74) is -2.67. The molecule has 0 spiro atoms. The fourth-order valence-corrected chi connectivity index (χ4v) is 7.99. The predicted octanol–water partition coefficient (Wildman–Crippen LogP) is 6.31. The molecule has 2 heterocycles. The van der Waals surface area contributed by atoms with Crippen molar-refractivity contribution in [2.75, 3.05) is 24.1 Å². The average molecular weight is 695 g/mol. The van der Waals surface area contributed by atoms with Crippen LogP contribution < -0.4 is 4.31 Å². The quantitative estimate of drug-likeness (QED) is 0.250. The molecule has 8 nitrogen and oxygen atoms in total. The third kappa shape index (κ3) is 7.34. The fourth-order valence-electron chi connectivity index (χ4n) is 6.28. The summed E-state index contributed by atoms with van der Waals surface area (Å²) in [4.78, 5) is 27.3. The number of sulfonamides is 1. The molecule has 1 fully saturated rings. The van der Waals surface area contributed by atoms with E-state index in [4.69, 9.17) is 4.74 Å². The van der Waals surface area contributed by atoms with Gasteiger partial charge < -0.3 is 14.7 Å². The maximum Gasteiger partial charge on any atom is 0.421 e. The lowest BCUT2D eigenvalue weighted by molar-refractivity contribution is -0.258. The molecule has 2 aliphatic heterocycles. The van der Waals surface area contributed by atoms with Gasteiger partial charge in [-0.25, -0.2) is 17.6 Å². The first-order chi connectivity index (χ1) is 22.6. The lowest BCUT2D eigenvalue weighted by Gasteiger charge is -2.38. The summed E-state index contributed by atoms with van der Waals surface area (Å²) in [5.74, 6) is -2.25. The molecule has 1 unspecified atom stereocenters. The molecule has 48 heavy (non-hydrogen) atoms. The molecule has 1 saturated heterocycles. The number of nitrogens with zero attached hydrogens (tertiary/aromatic N) is 2. The van der Waals surface area contributed by atoms with E-state index < -0.39 is 63.8 Å². The number of hydrogen-bond donors (Lipinski definition) is 1. The number of fused-ring (bicyclic) bond motifs is 1. The van der Waals surface area contributed by atoms with Gasteiger partial charge in [0.25, 0.3) is 10.0 Å². The summed E-state index contributed by atoms with van der Waals surface area (Å²) in [7, 11) is -4.46. The van der Waals surface area contributed by atoms with Crippen LogP contribution in [0.4, 0.5) is 32.4 Å². The Morgan fingerprint density at radius 1 is 0.958 bits per heavy atom. The minimum absolute atomic E-state index is 0.0246. The minimum Gasteiger partial charge on any atom is -0.445 e. The number of hydrogen-bond acceptors (Lipinski definition) is 6. The Balaban J connectivity index is 1.35. The molecule has 4 atom stereocenters. The topological polar surface area (TPSA) is 104 Å². The van der Waals surface area contributed by atoms with Crippen LogP contribution >= 0.6 is 0 Å². The molecule has 3 aromatic rings. The van der Waals surface area contributed by atoms with Gasteiger partial charge in [0.15, 0.2) is 5.60 Å². The minimum atomic E-state index is -5.00. The second-order valence-electron chi connectivity index (χ2n) is 12.4. The molecule has 5 rings (SSSR count). The lowest BCUT2D eigenvalue weighted by Crippen LogP contribution is -2.45. The summed E-state index contributed by atoms with van der Waals surface area (Å²) < 4.78 is 103. The van der Waals surface area contributed by atoms with Gasteiger partial charge in [-0.2, -0.15) is 13.2 Å². The number of aryl methyl sites for hydroxylation is 1. The Hall–Kier alpha value is -4.04. The van der Waals surface area contributed by atoms with Crippen LogP contribution in [0.15, 0.2) is 77.7 Å². The fraction of sp³-hybridized carbons (Fsp3) is 0.412. The van der Waals surface area contributed by atoms with E-state index in [9.17, 15) is 45.1 Å². The predicted molar refractivity (Wildman–Crippen MR) is 166 cm³/mol. The molecule has 1 N–H and O–H groups in total. The number of amides is 1. The maximum absolute atomic E-state index is 14.0. The number of carbonyl (C=O) groups excluding carboxylic acids is 2. The van der Waals surface area contributed by atoms with Crippen molar-refractivity contribution in [3.63, 3.8) is 0 Å². The number of aliphatic hydroxyl groups is 1. The van der Waals surface area contributed by atoms with Crippen molar-refractivity contribution in [2.45, 2.75) is 61.9 Å². The highest BCUT2D eigenvalue weighted by Gasteiger charge is 2.51. The summed E-state index contributed by atoms with van der Waals surface area (Å²) >= 11 is 0. The summed E-state index contributed by atoms with van der Waals surface area (Å²) in [6.45, 7) is -0.0397. The summed E-state index contributed by atoms with van der Waals surface area (Å²) in [5, 5.41) is 10.2. The van der Waals surface area contributed by atoms with Crippen LogP contribution in [0, 0.1) is 17.7 Å². The van der Waals surface area contributed by atoms with E-state index in [0.29, 0.717) is 6.92 Å². The number of ether oxygens (including phenoxy) is 1. The molecule has 0 aliphatic carbocycles. The number of halogens is 5. The van der Waals surface area contributed by atoms with Gasteiger partial charge in [0.05, 0.1) is 23.3 Å². The summed E-state index contributed by atoms with van der Waals surface area (Å²) in [6, 6.07) is 15.3.